The van der Waals surface area contributed by atoms with E-state index in [2.05, 4.69) is 15.9 Å². The summed E-state index contributed by atoms with van der Waals surface area (Å²) >= 11 is 3.39. The largest absolute Gasteiger partial charge is 0.467 e. The molecule has 0 saturated heterocycles. The quantitative estimate of drug-likeness (QED) is 0.326. The Hall–Kier alpha value is -2.91. The van der Waals surface area contributed by atoms with Gasteiger partial charge in [-0.3, -0.25) is 10.1 Å². The van der Waals surface area contributed by atoms with Crippen LogP contribution in [0.15, 0.2) is 39.2 Å². The van der Waals surface area contributed by atoms with Gasteiger partial charge in [0.1, 0.15) is 17.9 Å². The lowest BCUT2D eigenvalue weighted by Gasteiger charge is -2.20. The second-order valence-corrected chi connectivity index (χ2v) is 7.15. The number of nitro benzene ring substituents is 1. The molecule has 28 heavy (non-hydrogen) atoms. The first-order chi connectivity index (χ1) is 13.4. The number of esters is 1. The Morgan fingerprint density at radius 1 is 1.32 bits per heavy atom. The van der Waals surface area contributed by atoms with Crippen LogP contribution in [-0.4, -0.2) is 17.7 Å². The molecule has 1 aliphatic heterocycles. The molecule has 8 nitrogen and oxygen atoms in total. The molecule has 0 amide bonds. The van der Waals surface area contributed by atoms with Crippen molar-refractivity contribution in [2.24, 2.45) is 0 Å². The number of furan rings is 1. The Kier molecular flexibility index (Phi) is 4.78. The highest BCUT2D eigenvalue weighted by Gasteiger charge is 2.24. The zero-order chi connectivity index (χ0) is 19.8. The number of hydrogen-bond acceptors (Lipinski definition) is 7. The van der Waals surface area contributed by atoms with Gasteiger partial charge in [0.15, 0.2) is 6.79 Å². The SMILES string of the molecule is Cc1c(C(=O)OCc2cc([N+](=O)[O-])cc3c2OCOC3)oc2ccc(Br)cc12. The molecule has 1 aromatic heterocycles. The Balaban J connectivity index is 1.61. The highest BCUT2D eigenvalue weighted by molar-refractivity contribution is 9.10. The van der Waals surface area contributed by atoms with Crippen LogP contribution in [0.25, 0.3) is 11.0 Å². The summed E-state index contributed by atoms with van der Waals surface area (Å²) in [7, 11) is 0. The van der Waals surface area contributed by atoms with Crippen molar-refractivity contribution in [3.8, 4) is 5.75 Å². The van der Waals surface area contributed by atoms with Crippen LogP contribution >= 0.6 is 15.9 Å². The van der Waals surface area contributed by atoms with Crippen LogP contribution < -0.4 is 4.74 Å². The van der Waals surface area contributed by atoms with Gasteiger partial charge in [0.2, 0.25) is 5.76 Å². The Morgan fingerprint density at radius 3 is 2.93 bits per heavy atom. The van der Waals surface area contributed by atoms with E-state index in [0.29, 0.717) is 28.0 Å². The molecule has 4 rings (SSSR count). The fourth-order valence-corrected chi connectivity index (χ4v) is 3.45. The molecule has 0 radical (unpaired) electrons. The van der Waals surface area contributed by atoms with Crippen molar-refractivity contribution in [1.29, 1.82) is 0 Å². The minimum atomic E-state index is -0.655. The summed E-state index contributed by atoms with van der Waals surface area (Å²) in [5, 5.41) is 12.0. The summed E-state index contributed by atoms with van der Waals surface area (Å²) in [5.74, 6) is -0.122. The molecule has 2 aromatic carbocycles. The van der Waals surface area contributed by atoms with Gasteiger partial charge in [-0.05, 0) is 25.1 Å². The number of nitrogens with zero attached hydrogens (tertiary/aromatic N) is 1. The summed E-state index contributed by atoms with van der Waals surface area (Å²) in [6.07, 6.45) is 0. The zero-order valence-electron chi connectivity index (χ0n) is 14.7. The van der Waals surface area contributed by atoms with Gasteiger partial charge in [-0.25, -0.2) is 4.79 Å². The third-order valence-electron chi connectivity index (χ3n) is 4.42. The van der Waals surface area contributed by atoms with Crippen molar-refractivity contribution >= 4 is 38.6 Å². The number of nitro groups is 1. The molecule has 0 aliphatic carbocycles. The lowest BCUT2D eigenvalue weighted by Crippen LogP contribution is -2.15. The Labute approximate surface area is 167 Å². The normalized spacial score (nSPS) is 13.1. The van der Waals surface area contributed by atoms with E-state index in [4.69, 9.17) is 18.6 Å². The third kappa shape index (κ3) is 3.34. The summed E-state index contributed by atoms with van der Waals surface area (Å²) in [4.78, 5) is 23.2. The highest BCUT2D eigenvalue weighted by Crippen LogP contribution is 2.34. The van der Waals surface area contributed by atoms with Gasteiger partial charge in [-0.1, -0.05) is 15.9 Å². The molecule has 0 saturated carbocycles. The molecule has 1 aliphatic rings. The van der Waals surface area contributed by atoms with Crippen molar-refractivity contribution in [2.45, 2.75) is 20.1 Å². The summed E-state index contributed by atoms with van der Waals surface area (Å²) in [5.41, 5.74) is 2.05. The molecule has 0 unspecified atom stereocenters. The number of non-ortho nitro benzene ring substituents is 1. The molecule has 0 spiro atoms. The Morgan fingerprint density at radius 2 is 2.14 bits per heavy atom. The van der Waals surface area contributed by atoms with Gasteiger partial charge < -0.3 is 18.6 Å². The van der Waals surface area contributed by atoms with Crippen molar-refractivity contribution in [3.05, 3.63) is 67.4 Å². The molecule has 0 fully saturated rings. The number of benzene rings is 2. The Bertz CT molecular complexity index is 1110. The zero-order valence-corrected chi connectivity index (χ0v) is 16.3. The average Bonchev–Trinajstić information content (AvgIpc) is 3.01. The molecular weight excluding hydrogens is 434 g/mol. The van der Waals surface area contributed by atoms with Gasteiger partial charge in [-0.2, -0.15) is 0 Å². The minimum Gasteiger partial charge on any atom is -0.467 e. The van der Waals surface area contributed by atoms with E-state index in [0.717, 1.165) is 9.86 Å². The molecule has 0 atom stereocenters. The van der Waals surface area contributed by atoms with E-state index < -0.39 is 10.9 Å². The molecule has 2 heterocycles. The number of fused-ring (bicyclic) bond motifs is 2. The number of ether oxygens (including phenoxy) is 3. The van der Waals surface area contributed by atoms with Crippen LogP contribution in [-0.2, 0) is 22.7 Å². The second kappa shape index (κ2) is 7.25. The van der Waals surface area contributed by atoms with E-state index >= 15 is 0 Å². The molecule has 144 valence electrons. The van der Waals surface area contributed by atoms with Crippen LogP contribution in [0, 0.1) is 17.0 Å². The topological polar surface area (TPSA) is 101 Å². The summed E-state index contributed by atoms with van der Waals surface area (Å²) < 4.78 is 22.5. The lowest BCUT2D eigenvalue weighted by molar-refractivity contribution is -0.385. The minimum absolute atomic E-state index is 0.0311. The van der Waals surface area contributed by atoms with Crippen LogP contribution in [0.5, 0.6) is 5.75 Å². The third-order valence-corrected chi connectivity index (χ3v) is 4.92. The predicted molar refractivity (Wildman–Crippen MR) is 101 cm³/mol. The van der Waals surface area contributed by atoms with E-state index in [-0.39, 0.29) is 31.5 Å². The van der Waals surface area contributed by atoms with Gasteiger partial charge in [0.25, 0.3) is 5.69 Å². The monoisotopic (exact) mass is 447 g/mol. The van der Waals surface area contributed by atoms with Crippen molar-refractivity contribution in [2.75, 3.05) is 6.79 Å². The van der Waals surface area contributed by atoms with Gasteiger partial charge in [0.05, 0.1) is 11.5 Å². The van der Waals surface area contributed by atoms with Crippen molar-refractivity contribution in [3.63, 3.8) is 0 Å². The van der Waals surface area contributed by atoms with Crippen LogP contribution in [0.2, 0.25) is 0 Å². The number of carbonyl (C=O) groups excluding carboxylic acids is 1. The maximum atomic E-state index is 12.6. The highest BCUT2D eigenvalue weighted by atomic mass is 79.9. The maximum absolute atomic E-state index is 12.6. The average molecular weight is 448 g/mol. The van der Waals surface area contributed by atoms with Crippen molar-refractivity contribution < 1.29 is 28.3 Å². The molecule has 0 N–H and O–H groups in total. The van der Waals surface area contributed by atoms with E-state index in [1.807, 2.05) is 12.1 Å². The number of carbonyl (C=O) groups is 1. The van der Waals surface area contributed by atoms with Gasteiger partial charge in [-0.15, -0.1) is 0 Å². The number of hydrogen-bond donors (Lipinski definition) is 0. The first kappa shape index (κ1) is 18.5. The summed E-state index contributed by atoms with van der Waals surface area (Å²) in [6, 6.07) is 8.15. The van der Waals surface area contributed by atoms with E-state index in [9.17, 15) is 14.9 Å². The van der Waals surface area contributed by atoms with Crippen LogP contribution in [0.4, 0.5) is 5.69 Å². The van der Waals surface area contributed by atoms with Crippen LogP contribution in [0.1, 0.15) is 27.2 Å². The fraction of sp³-hybridized carbons (Fsp3) is 0.211. The van der Waals surface area contributed by atoms with Gasteiger partial charge in [0, 0.05) is 38.7 Å². The van der Waals surface area contributed by atoms with Gasteiger partial charge >= 0.3 is 5.97 Å². The van der Waals surface area contributed by atoms with Crippen LogP contribution in [0.3, 0.4) is 0 Å². The summed E-state index contributed by atoms with van der Waals surface area (Å²) in [6.45, 7) is 1.80. The molecule has 0 bridgehead atoms. The second-order valence-electron chi connectivity index (χ2n) is 6.23. The number of rotatable bonds is 4. The predicted octanol–water partition coefficient (Wildman–Crippen LogP) is 4.64. The van der Waals surface area contributed by atoms with E-state index in [1.54, 1.807) is 13.0 Å². The first-order valence-electron chi connectivity index (χ1n) is 8.30. The standard InChI is InChI=1S/C19H14BrNO7/c1-10-15-6-13(20)2-3-16(15)28-17(10)19(22)26-8-12-5-14(21(23)24)4-11-7-25-9-27-18(11)12/h2-6H,7-9H2,1H3. The first-order valence-corrected chi connectivity index (χ1v) is 9.10. The number of aryl methyl sites for hydroxylation is 1. The maximum Gasteiger partial charge on any atom is 0.374 e. The lowest BCUT2D eigenvalue weighted by atomic mass is 10.1. The molecular formula is C19H14BrNO7. The fourth-order valence-electron chi connectivity index (χ4n) is 3.09. The van der Waals surface area contributed by atoms with Crippen molar-refractivity contribution in [1.82, 2.24) is 0 Å². The molecule has 3 aromatic rings. The molecule has 9 heteroatoms. The smallest absolute Gasteiger partial charge is 0.374 e. The number of halogens is 1. The van der Waals surface area contributed by atoms with E-state index in [1.165, 1.54) is 12.1 Å².